The summed E-state index contributed by atoms with van der Waals surface area (Å²) in [5, 5.41) is 0. The van der Waals surface area contributed by atoms with Crippen LogP contribution in [0.5, 0.6) is 0 Å². The zero-order valence-corrected chi connectivity index (χ0v) is 11.3. The molecule has 0 bridgehead atoms. The maximum absolute atomic E-state index is 12.5. The van der Waals surface area contributed by atoms with Crippen molar-refractivity contribution >= 4 is 5.91 Å². The van der Waals surface area contributed by atoms with E-state index in [4.69, 9.17) is 0 Å². The van der Waals surface area contributed by atoms with Crippen LogP contribution in [0.2, 0.25) is 0 Å². The van der Waals surface area contributed by atoms with E-state index in [1.54, 1.807) is 0 Å². The van der Waals surface area contributed by atoms with E-state index in [0.717, 1.165) is 31.5 Å². The Morgan fingerprint density at radius 1 is 1.16 bits per heavy atom. The average Bonchev–Trinajstić information content (AvgIpc) is 3.11. The summed E-state index contributed by atoms with van der Waals surface area (Å²) in [6, 6.07) is 10.8. The van der Waals surface area contributed by atoms with Gasteiger partial charge in [-0.2, -0.15) is 0 Å². The van der Waals surface area contributed by atoms with E-state index in [-0.39, 0.29) is 5.91 Å². The van der Waals surface area contributed by atoms with E-state index in [0.29, 0.717) is 6.04 Å². The Balaban J connectivity index is 1.67. The lowest BCUT2D eigenvalue weighted by Gasteiger charge is -2.28. The first kappa shape index (κ1) is 12.7. The molecule has 0 saturated carbocycles. The molecule has 19 heavy (non-hydrogen) atoms. The van der Waals surface area contributed by atoms with E-state index in [1.165, 1.54) is 25.9 Å². The van der Waals surface area contributed by atoms with Gasteiger partial charge in [0.2, 0.25) is 0 Å². The normalized spacial score (nSPS) is 24.0. The van der Waals surface area contributed by atoms with Crippen LogP contribution in [0.15, 0.2) is 24.3 Å². The second kappa shape index (κ2) is 5.74. The summed E-state index contributed by atoms with van der Waals surface area (Å²) in [7, 11) is 0. The van der Waals surface area contributed by atoms with Gasteiger partial charge in [0, 0.05) is 24.7 Å². The molecule has 2 fully saturated rings. The zero-order chi connectivity index (χ0) is 13.1. The number of hydrogen-bond donors (Lipinski definition) is 0. The van der Waals surface area contributed by atoms with E-state index in [2.05, 4.69) is 15.9 Å². The third-order valence-corrected chi connectivity index (χ3v) is 4.27. The van der Waals surface area contributed by atoms with E-state index < -0.39 is 0 Å². The van der Waals surface area contributed by atoms with Gasteiger partial charge in [-0.3, -0.25) is 4.79 Å². The molecule has 2 aliphatic heterocycles. The summed E-state index contributed by atoms with van der Waals surface area (Å²) < 4.78 is 0. The van der Waals surface area contributed by atoms with Crippen molar-refractivity contribution in [3.05, 3.63) is 35.9 Å². The van der Waals surface area contributed by atoms with Gasteiger partial charge >= 0.3 is 0 Å². The molecule has 3 nitrogen and oxygen atoms in total. The molecule has 1 amide bonds. The molecule has 101 valence electrons. The molecule has 3 rings (SSSR count). The molecule has 0 N–H and O–H groups in total. The van der Waals surface area contributed by atoms with Gasteiger partial charge in [-0.25, -0.2) is 0 Å². The smallest absolute Gasteiger partial charge is 0.254 e. The van der Waals surface area contributed by atoms with E-state index in [1.807, 2.05) is 24.3 Å². The minimum atomic E-state index is 0.190. The SMILES string of the molecule is O=C(c1cc[c]cc1)N1CCC[C@@H]1CN1CCCC1. The van der Waals surface area contributed by atoms with Crippen LogP contribution < -0.4 is 0 Å². The van der Waals surface area contributed by atoms with Gasteiger partial charge in [0.25, 0.3) is 5.91 Å². The van der Waals surface area contributed by atoms with Crippen molar-refractivity contribution in [3.8, 4) is 0 Å². The van der Waals surface area contributed by atoms with Crippen LogP contribution in [0.25, 0.3) is 0 Å². The summed E-state index contributed by atoms with van der Waals surface area (Å²) in [4.78, 5) is 17.1. The number of hydrogen-bond acceptors (Lipinski definition) is 2. The highest BCUT2D eigenvalue weighted by atomic mass is 16.2. The van der Waals surface area contributed by atoms with Gasteiger partial charge in [0.05, 0.1) is 0 Å². The van der Waals surface area contributed by atoms with Crippen LogP contribution >= 0.6 is 0 Å². The molecule has 2 heterocycles. The van der Waals surface area contributed by atoms with Gasteiger partial charge < -0.3 is 9.80 Å². The Morgan fingerprint density at radius 3 is 2.63 bits per heavy atom. The van der Waals surface area contributed by atoms with Gasteiger partial charge in [-0.05, 0) is 57.0 Å². The highest BCUT2D eigenvalue weighted by molar-refractivity contribution is 5.94. The first-order valence-corrected chi connectivity index (χ1v) is 7.34. The lowest BCUT2D eigenvalue weighted by molar-refractivity contribution is 0.0709. The van der Waals surface area contributed by atoms with Gasteiger partial charge in [-0.15, -0.1) is 0 Å². The fourth-order valence-corrected chi connectivity index (χ4v) is 3.25. The fraction of sp³-hybridized carbons (Fsp3) is 0.562. The first-order chi connectivity index (χ1) is 9.34. The Labute approximate surface area is 115 Å². The molecule has 3 heteroatoms. The summed E-state index contributed by atoms with van der Waals surface area (Å²) in [6.07, 6.45) is 4.93. The van der Waals surface area contributed by atoms with Crippen LogP contribution in [0, 0.1) is 6.07 Å². The quantitative estimate of drug-likeness (QED) is 0.828. The number of benzene rings is 1. The summed E-state index contributed by atoms with van der Waals surface area (Å²) in [5.41, 5.74) is 0.798. The molecule has 0 aliphatic carbocycles. The van der Waals surface area contributed by atoms with Crippen LogP contribution in [0.4, 0.5) is 0 Å². The number of carbonyl (C=O) groups is 1. The second-order valence-electron chi connectivity index (χ2n) is 5.59. The van der Waals surface area contributed by atoms with Crippen molar-refractivity contribution in [1.82, 2.24) is 9.80 Å². The fourth-order valence-electron chi connectivity index (χ4n) is 3.25. The van der Waals surface area contributed by atoms with Gasteiger partial charge in [0.15, 0.2) is 0 Å². The van der Waals surface area contributed by atoms with Crippen LogP contribution in [-0.2, 0) is 0 Å². The topological polar surface area (TPSA) is 23.6 Å². The maximum atomic E-state index is 12.5. The summed E-state index contributed by atoms with van der Waals surface area (Å²) in [5.74, 6) is 0.190. The second-order valence-corrected chi connectivity index (χ2v) is 5.59. The molecule has 0 aromatic heterocycles. The van der Waals surface area contributed by atoms with Crippen molar-refractivity contribution < 1.29 is 4.79 Å². The van der Waals surface area contributed by atoms with E-state index in [9.17, 15) is 4.79 Å². The molecule has 1 atom stereocenters. The Kier molecular flexibility index (Phi) is 3.83. The maximum Gasteiger partial charge on any atom is 0.254 e. The molecule has 1 aromatic rings. The molecule has 1 aromatic carbocycles. The number of carbonyl (C=O) groups excluding carboxylic acids is 1. The highest BCUT2D eigenvalue weighted by Gasteiger charge is 2.31. The van der Waals surface area contributed by atoms with Crippen LogP contribution in [0.3, 0.4) is 0 Å². The van der Waals surface area contributed by atoms with Gasteiger partial charge in [0.1, 0.15) is 0 Å². The molecule has 2 aliphatic rings. The molecular weight excluding hydrogens is 236 g/mol. The standard InChI is InChI=1S/C16H21N2O/c19-16(14-7-2-1-3-8-14)18-12-6-9-15(18)13-17-10-4-5-11-17/h2-3,7-8,15H,4-6,9-13H2/t15-/m1/s1. The van der Waals surface area contributed by atoms with E-state index >= 15 is 0 Å². The molecule has 1 radical (unpaired) electrons. The largest absolute Gasteiger partial charge is 0.334 e. The minimum Gasteiger partial charge on any atom is -0.334 e. The van der Waals surface area contributed by atoms with Crippen molar-refractivity contribution in [1.29, 1.82) is 0 Å². The van der Waals surface area contributed by atoms with Crippen molar-refractivity contribution in [2.75, 3.05) is 26.2 Å². The predicted octanol–water partition coefficient (Wildman–Crippen LogP) is 2.19. The third-order valence-electron chi connectivity index (χ3n) is 4.27. The van der Waals surface area contributed by atoms with Crippen LogP contribution in [0.1, 0.15) is 36.0 Å². The van der Waals surface area contributed by atoms with Crippen molar-refractivity contribution in [2.45, 2.75) is 31.7 Å². The zero-order valence-electron chi connectivity index (χ0n) is 11.3. The number of likely N-dealkylation sites (tertiary alicyclic amines) is 2. The molecule has 2 saturated heterocycles. The minimum absolute atomic E-state index is 0.190. The summed E-state index contributed by atoms with van der Waals surface area (Å²) >= 11 is 0. The Bertz CT molecular complexity index is 426. The number of amides is 1. The first-order valence-electron chi connectivity index (χ1n) is 7.34. The lowest BCUT2D eigenvalue weighted by atomic mass is 10.1. The van der Waals surface area contributed by atoms with Crippen LogP contribution in [-0.4, -0.2) is 47.9 Å². The predicted molar refractivity (Wildman–Crippen MR) is 75.0 cm³/mol. The number of rotatable bonds is 3. The molecular formula is C16H21N2O. The highest BCUT2D eigenvalue weighted by Crippen LogP contribution is 2.22. The monoisotopic (exact) mass is 257 g/mol. The van der Waals surface area contributed by atoms with Gasteiger partial charge in [-0.1, -0.05) is 12.1 Å². The average molecular weight is 257 g/mol. The molecule has 0 spiro atoms. The molecule has 0 unspecified atom stereocenters. The number of nitrogens with zero attached hydrogens (tertiary/aromatic N) is 2. The Morgan fingerprint density at radius 2 is 1.89 bits per heavy atom. The lowest BCUT2D eigenvalue weighted by Crippen LogP contribution is -2.42. The van der Waals surface area contributed by atoms with Crippen molar-refractivity contribution in [3.63, 3.8) is 0 Å². The van der Waals surface area contributed by atoms with Crippen molar-refractivity contribution in [2.24, 2.45) is 0 Å². The third kappa shape index (κ3) is 2.81. The Hall–Kier alpha value is -1.35. The summed E-state index contributed by atoms with van der Waals surface area (Å²) in [6.45, 7) is 4.39.